The minimum atomic E-state index is 0.0596. The van der Waals surface area contributed by atoms with Crippen molar-refractivity contribution in [3.63, 3.8) is 0 Å². The number of fused-ring (bicyclic) bond motifs is 1. The van der Waals surface area contributed by atoms with E-state index in [1.165, 1.54) is 0 Å². The molecule has 1 aliphatic heterocycles. The molecule has 128 valence electrons. The fourth-order valence-electron chi connectivity index (χ4n) is 3.97. The minimum absolute atomic E-state index is 0.0596. The number of aromatic nitrogens is 4. The van der Waals surface area contributed by atoms with E-state index >= 15 is 0 Å². The number of H-pyrrole nitrogens is 1. The number of aryl methyl sites for hydroxylation is 2. The Kier molecular flexibility index (Phi) is 3.88. The molecule has 0 unspecified atom stereocenters. The first-order valence-corrected chi connectivity index (χ1v) is 8.75. The molecule has 1 fully saturated rings. The zero-order valence-electron chi connectivity index (χ0n) is 14.3. The third-order valence-corrected chi connectivity index (χ3v) is 5.35. The molecule has 24 heavy (non-hydrogen) atoms. The van der Waals surface area contributed by atoms with E-state index in [0.717, 1.165) is 56.0 Å². The van der Waals surface area contributed by atoms with Crippen LogP contribution in [0.4, 0.5) is 0 Å². The lowest BCUT2D eigenvalue weighted by molar-refractivity contribution is 0.0467. The SMILES string of the molecule is CCN1CCN(C(=O)c2n[nH]c3c2CCC3)C[C@@H]1c1nccn1C. The zero-order valence-corrected chi connectivity index (χ0v) is 14.3. The highest BCUT2D eigenvalue weighted by atomic mass is 16.2. The van der Waals surface area contributed by atoms with Crippen molar-refractivity contribution in [2.24, 2.45) is 7.05 Å². The van der Waals surface area contributed by atoms with Crippen LogP contribution in [0.15, 0.2) is 12.4 Å². The normalized spacial score (nSPS) is 21.2. The van der Waals surface area contributed by atoms with Crippen LogP contribution in [-0.4, -0.2) is 61.6 Å². The highest BCUT2D eigenvalue weighted by Gasteiger charge is 2.34. The number of hydrogen-bond acceptors (Lipinski definition) is 4. The number of imidazole rings is 1. The van der Waals surface area contributed by atoms with Gasteiger partial charge in [0, 0.05) is 50.3 Å². The molecule has 0 saturated carbocycles. The van der Waals surface area contributed by atoms with Crippen LogP contribution in [0.1, 0.15) is 47.0 Å². The summed E-state index contributed by atoms with van der Waals surface area (Å²) >= 11 is 0. The predicted molar refractivity (Wildman–Crippen MR) is 89.7 cm³/mol. The van der Waals surface area contributed by atoms with E-state index in [0.29, 0.717) is 12.2 Å². The maximum absolute atomic E-state index is 13.0. The third-order valence-electron chi connectivity index (χ3n) is 5.35. The van der Waals surface area contributed by atoms with Gasteiger partial charge in [-0.05, 0) is 25.8 Å². The third kappa shape index (κ3) is 2.43. The van der Waals surface area contributed by atoms with Crippen molar-refractivity contribution in [3.8, 4) is 0 Å². The van der Waals surface area contributed by atoms with E-state index in [1.807, 2.05) is 28.9 Å². The number of carbonyl (C=O) groups excluding carboxylic acids is 1. The van der Waals surface area contributed by atoms with Crippen LogP contribution in [0.25, 0.3) is 0 Å². The van der Waals surface area contributed by atoms with E-state index < -0.39 is 0 Å². The molecule has 1 saturated heterocycles. The van der Waals surface area contributed by atoms with Gasteiger partial charge in [-0.25, -0.2) is 4.98 Å². The fraction of sp³-hybridized carbons (Fsp3) is 0.588. The van der Waals surface area contributed by atoms with Gasteiger partial charge in [0.25, 0.3) is 5.91 Å². The minimum Gasteiger partial charge on any atom is -0.337 e. The molecule has 0 radical (unpaired) electrons. The lowest BCUT2D eigenvalue weighted by Gasteiger charge is -2.40. The topological polar surface area (TPSA) is 70.1 Å². The van der Waals surface area contributed by atoms with Crippen LogP contribution in [-0.2, 0) is 19.9 Å². The van der Waals surface area contributed by atoms with Crippen LogP contribution < -0.4 is 0 Å². The first kappa shape index (κ1) is 15.4. The molecule has 2 aromatic rings. The summed E-state index contributed by atoms with van der Waals surface area (Å²) in [5, 5.41) is 7.36. The lowest BCUT2D eigenvalue weighted by atomic mass is 10.1. The maximum Gasteiger partial charge on any atom is 0.274 e. The summed E-state index contributed by atoms with van der Waals surface area (Å²) in [4.78, 5) is 21.9. The van der Waals surface area contributed by atoms with Gasteiger partial charge < -0.3 is 9.47 Å². The van der Waals surface area contributed by atoms with Crippen LogP contribution in [0.5, 0.6) is 0 Å². The average molecular weight is 328 g/mol. The molecule has 2 aromatic heterocycles. The summed E-state index contributed by atoms with van der Waals surface area (Å²) in [7, 11) is 2.01. The van der Waals surface area contributed by atoms with Crippen molar-refractivity contribution in [1.29, 1.82) is 0 Å². The van der Waals surface area contributed by atoms with Gasteiger partial charge in [0.15, 0.2) is 5.69 Å². The van der Waals surface area contributed by atoms with Crippen LogP contribution in [0.3, 0.4) is 0 Å². The number of nitrogens with one attached hydrogen (secondary N) is 1. The van der Waals surface area contributed by atoms with Crippen molar-refractivity contribution >= 4 is 5.91 Å². The molecule has 1 amide bonds. The van der Waals surface area contributed by atoms with Gasteiger partial charge in [-0.3, -0.25) is 14.8 Å². The van der Waals surface area contributed by atoms with E-state index in [1.54, 1.807) is 0 Å². The summed E-state index contributed by atoms with van der Waals surface area (Å²) in [6.07, 6.45) is 6.87. The molecule has 7 heteroatoms. The smallest absolute Gasteiger partial charge is 0.274 e. The van der Waals surface area contributed by atoms with Gasteiger partial charge in [0.1, 0.15) is 5.82 Å². The van der Waals surface area contributed by atoms with Crippen molar-refractivity contribution in [3.05, 3.63) is 35.2 Å². The molecular weight excluding hydrogens is 304 g/mol. The summed E-state index contributed by atoms with van der Waals surface area (Å²) < 4.78 is 2.05. The standard InChI is InChI=1S/C17H24N6O/c1-3-22-9-10-23(11-14(22)16-18-7-8-21(16)2)17(24)15-12-5-4-6-13(12)19-20-15/h7-8,14H,3-6,9-11H2,1-2H3,(H,19,20)/t14-/m1/s1. The van der Waals surface area contributed by atoms with E-state index in [2.05, 4.69) is 27.0 Å². The second-order valence-electron chi connectivity index (χ2n) is 6.67. The van der Waals surface area contributed by atoms with Gasteiger partial charge in [-0.15, -0.1) is 0 Å². The Bertz CT molecular complexity index is 748. The number of amides is 1. The Morgan fingerprint density at radius 3 is 3.00 bits per heavy atom. The second-order valence-corrected chi connectivity index (χ2v) is 6.67. The summed E-state index contributed by atoms with van der Waals surface area (Å²) in [6, 6.07) is 0.139. The van der Waals surface area contributed by atoms with Crippen LogP contribution >= 0.6 is 0 Å². The van der Waals surface area contributed by atoms with E-state index in [9.17, 15) is 4.79 Å². The molecule has 4 rings (SSSR count). The predicted octanol–water partition coefficient (Wildman–Crippen LogP) is 1.15. The first-order chi connectivity index (χ1) is 11.7. The van der Waals surface area contributed by atoms with E-state index in [4.69, 9.17) is 0 Å². The average Bonchev–Trinajstić information content (AvgIpc) is 3.30. The van der Waals surface area contributed by atoms with Gasteiger partial charge in [-0.1, -0.05) is 6.92 Å². The molecule has 1 aliphatic carbocycles. The Labute approximate surface area is 141 Å². The maximum atomic E-state index is 13.0. The van der Waals surface area contributed by atoms with Gasteiger partial charge >= 0.3 is 0 Å². The molecule has 3 heterocycles. The number of likely N-dealkylation sites (N-methyl/N-ethyl adjacent to an activating group) is 1. The zero-order chi connectivity index (χ0) is 16.7. The lowest BCUT2D eigenvalue weighted by Crippen LogP contribution is -2.51. The van der Waals surface area contributed by atoms with Crippen LogP contribution in [0.2, 0.25) is 0 Å². The Hall–Kier alpha value is -2.15. The molecular formula is C17H24N6O. The number of nitrogens with zero attached hydrogens (tertiary/aromatic N) is 5. The molecule has 0 spiro atoms. The second kappa shape index (κ2) is 6.05. The monoisotopic (exact) mass is 328 g/mol. The number of carbonyl (C=O) groups is 1. The first-order valence-electron chi connectivity index (χ1n) is 8.75. The summed E-state index contributed by atoms with van der Waals surface area (Å²) in [6.45, 7) is 5.39. The van der Waals surface area contributed by atoms with Gasteiger partial charge in [-0.2, -0.15) is 5.10 Å². The largest absolute Gasteiger partial charge is 0.337 e. The molecule has 2 aliphatic rings. The highest BCUT2D eigenvalue weighted by molar-refractivity contribution is 5.94. The Balaban J connectivity index is 1.58. The van der Waals surface area contributed by atoms with Gasteiger partial charge in [0.05, 0.1) is 6.04 Å². The summed E-state index contributed by atoms with van der Waals surface area (Å²) in [5.74, 6) is 1.07. The molecule has 0 bridgehead atoms. The summed E-state index contributed by atoms with van der Waals surface area (Å²) in [5.41, 5.74) is 2.91. The fourth-order valence-corrected chi connectivity index (χ4v) is 3.97. The quantitative estimate of drug-likeness (QED) is 0.918. The van der Waals surface area contributed by atoms with Crippen molar-refractivity contribution in [2.75, 3.05) is 26.2 Å². The number of hydrogen-bond donors (Lipinski definition) is 1. The Morgan fingerprint density at radius 1 is 1.38 bits per heavy atom. The highest BCUT2D eigenvalue weighted by Crippen LogP contribution is 2.27. The van der Waals surface area contributed by atoms with Crippen molar-refractivity contribution < 1.29 is 4.79 Å². The number of rotatable bonds is 3. The van der Waals surface area contributed by atoms with Crippen molar-refractivity contribution in [1.82, 2.24) is 29.5 Å². The molecule has 1 N–H and O–H groups in total. The number of piperazine rings is 1. The number of aromatic amines is 1. The molecule has 7 nitrogen and oxygen atoms in total. The van der Waals surface area contributed by atoms with E-state index in [-0.39, 0.29) is 11.9 Å². The van der Waals surface area contributed by atoms with Gasteiger partial charge in [0.2, 0.25) is 0 Å². The van der Waals surface area contributed by atoms with Crippen LogP contribution in [0, 0.1) is 0 Å². The molecule has 0 aromatic carbocycles. The van der Waals surface area contributed by atoms with Crippen molar-refractivity contribution in [2.45, 2.75) is 32.2 Å². The molecule has 1 atom stereocenters. The Morgan fingerprint density at radius 2 is 2.25 bits per heavy atom.